The lowest BCUT2D eigenvalue weighted by Crippen LogP contribution is -2.24. The third-order valence-corrected chi connectivity index (χ3v) is 3.52. The van der Waals surface area contributed by atoms with Gasteiger partial charge in [-0.3, -0.25) is 0 Å². The maximum Gasteiger partial charge on any atom is 0.417 e. The van der Waals surface area contributed by atoms with Crippen LogP contribution in [0, 0.1) is 0 Å². The van der Waals surface area contributed by atoms with E-state index in [0.29, 0.717) is 17.3 Å². The average Bonchev–Trinajstić information content (AvgIpc) is 2.54. The Morgan fingerprint density at radius 3 is 2.58 bits per heavy atom. The van der Waals surface area contributed by atoms with Crippen molar-refractivity contribution in [2.45, 2.75) is 32.5 Å². The molecule has 0 saturated carbocycles. The Labute approximate surface area is 142 Å². The summed E-state index contributed by atoms with van der Waals surface area (Å²) in [5, 5.41) is 3.52. The zero-order valence-corrected chi connectivity index (χ0v) is 13.8. The van der Waals surface area contributed by atoms with Crippen LogP contribution in [0.2, 0.25) is 5.02 Å². The van der Waals surface area contributed by atoms with Crippen molar-refractivity contribution in [1.29, 1.82) is 0 Å². The lowest BCUT2D eigenvalue weighted by Gasteiger charge is -2.16. The summed E-state index contributed by atoms with van der Waals surface area (Å²) in [6.07, 6.45) is -1.59. The average molecular weight is 361 g/mol. The molecular formula is C15H16ClF3N4O. The van der Waals surface area contributed by atoms with Gasteiger partial charge in [0.25, 0.3) is 0 Å². The molecule has 2 aromatic rings. The number of anilines is 1. The van der Waals surface area contributed by atoms with Gasteiger partial charge >= 0.3 is 6.18 Å². The lowest BCUT2D eigenvalue weighted by molar-refractivity contribution is -0.137. The standard InChI is InChI=1S/C15H16ClF3N4O/c1-3-11-13(16)14(22-8-21-11)23-9(2)7-24-12-5-4-10(6-20-12)15(17,18)19/h4-6,8-9H,3,7H2,1-2H3,(H,21,22,23). The van der Waals surface area contributed by atoms with Crippen molar-refractivity contribution < 1.29 is 17.9 Å². The van der Waals surface area contributed by atoms with Crippen molar-refractivity contribution in [1.82, 2.24) is 15.0 Å². The molecule has 0 amide bonds. The molecule has 0 spiro atoms. The van der Waals surface area contributed by atoms with Gasteiger partial charge in [-0.25, -0.2) is 15.0 Å². The first-order valence-corrected chi connectivity index (χ1v) is 7.61. The molecule has 9 heteroatoms. The predicted molar refractivity (Wildman–Crippen MR) is 84.2 cm³/mol. The molecule has 2 aromatic heterocycles. The molecular weight excluding hydrogens is 345 g/mol. The smallest absolute Gasteiger partial charge is 0.417 e. The summed E-state index contributed by atoms with van der Waals surface area (Å²) in [5.41, 5.74) is -0.0902. The highest BCUT2D eigenvalue weighted by atomic mass is 35.5. The quantitative estimate of drug-likeness (QED) is 0.844. The molecule has 130 valence electrons. The Kier molecular flexibility index (Phi) is 5.82. The summed E-state index contributed by atoms with van der Waals surface area (Å²) in [7, 11) is 0. The van der Waals surface area contributed by atoms with Gasteiger partial charge in [-0.2, -0.15) is 13.2 Å². The van der Waals surface area contributed by atoms with E-state index in [-0.39, 0.29) is 18.5 Å². The highest BCUT2D eigenvalue weighted by molar-refractivity contribution is 6.33. The minimum atomic E-state index is -4.42. The highest BCUT2D eigenvalue weighted by Gasteiger charge is 2.30. The number of nitrogens with zero attached hydrogens (tertiary/aromatic N) is 3. The molecule has 1 unspecified atom stereocenters. The van der Waals surface area contributed by atoms with E-state index >= 15 is 0 Å². The SMILES string of the molecule is CCc1ncnc(NC(C)COc2ccc(C(F)(F)F)cn2)c1Cl. The molecule has 0 saturated heterocycles. The van der Waals surface area contributed by atoms with Gasteiger partial charge in [-0.05, 0) is 19.4 Å². The summed E-state index contributed by atoms with van der Waals surface area (Å²) in [6, 6.07) is 1.92. The van der Waals surface area contributed by atoms with Crippen molar-refractivity contribution in [3.05, 3.63) is 40.9 Å². The molecule has 0 fully saturated rings. The van der Waals surface area contributed by atoms with Crippen LogP contribution in [-0.4, -0.2) is 27.6 Å². The molecule has 24 heavy (non-hydrogen) atoms. The van der Waals surface area contributed by atoms with Gasteiger partial charge in [0.05, 0.1) is 17.3 Å². The van der Waals surface area contributed by atoms with Crippen molar-refractivity contribution in [3.8, 4) is 5.88 Å². The predicted octanol–water partition coefficient (Wildman–Crippen LogP) is 3.99. The number of hydrogen-bond donors (Lipinski definition) is 1. The first-order valence-electron chi connectivity index (χ1n) is 7.23. The number of hydrogen-bond acceptors (Lipinski definition) is 5. The third kappa shape index (κ3) is 4.70. The van der Waals surface area contributed by atoms with Gasteiger partial charge in [0.1, 0.15) is 23.8 Å². The zero-order valence-electron chi connectivity index (χ0n) is 13.1. The molecule has 5 nitrogen and oxygen atoms in total. The van der Waals surface area contributed by atoms with Crippen LogP contribution in [0.15, 0.2) is 24.7 Å². The van der Waals surface area contributed by atoms with Crippen LogP contribution in [0.3, 0.4) is 0 Å². The van der Waals surface area contributed by atoms with E-state index in [2.05, 4.69) is 20.3 Å². The van der Waals surface area contributed by atoms with Crippen molar-refractivity contribution in [2.24, 2.45) is 0 Å². The van der Waals surface area contributed by atoms with Crippen LogP contribution in [0.1, 0.15) is 25.1 Å². The number of pyridine rings is 1. The molecule has 0 aliphatic rings. The Balaban J connectivity index is 1.93. The fourth-order valence-electron chi connectivity index (χ4n) is 1.87. The first-order chi connectivity index (χ1) is 11.3. The summed E-state index contributed by atoms with van der Waals surface area (Å²) in [4.78, 5) is 11.8. The van der Waals surface area contributed by atoms with Crippen LogP contribution >= 0.6 is 11.6 Å². The van der Waals surface area contributed by atoms with Crippen LogP contribution in [0.5, 0.6) is 5.88 Å². The van der Waals surface area contributed by atoms with Gasteiger partial charge in [-0.1, -0.05) is 18.5 Å². The van der Waals surface area contributed by atoms with E-state index in [4.69, 9.17) is 16.3 Å². The maximum atomic E-state index is 12.5. The fraction of sp³-hybridized carbons (Fsp3) is 0.400. The molecule has 0 bridgehead atoms. The maximum absolute atomic E-state index is 12.5. The largest absolute Gasteiger partial charge is 0.475 e. The minimum Gasteiger partial charge on any atom is -0.475 e. The van der Waals surface area contributed by atoms with Crippen LogP contribution in [0.25, 0.3) is 0 Å². The molecule has 2 heterocycles. The van der Waals surface area contributed by atoms with E-state index in [1.807, 2.05) is 13.8 Å². The van der Waals surface area contributed by atoms with E-state index in [0.717, 1.165) is 18.0 Å². The topological polar surface area (TPSA) is 59.9 Å². The Bertz CT molecular complexity index is 679. The second-order valence-corrected chi connectivity index (χ2v) is 5.45. The normalized spacial score (nSPS) is 12.8. The van der Waals surface area contributed by atoms with Crippen molar-refractivity contribution in [2.75, 3.05) is 11.9 Å². The van der Waals surface area contributed by atoms with Crippen LogP contribution in [0.4, 0.5) is 19.0 Å². The molecule has 0 aliphatic heterocycles. The molecule has 1 atom stereocenters. The van der Waals surface area contributed by atoms with Gasteiger partial charge in [0, 0.05) is 12.3 Å². The number of halogens is 4. The van der Waals surface area contributed by atoms with Gasteiger partial charge in [0.15, 0.2) is 0 Å². The summed E-state index contributed by atoms with van der Waals surface area (Å²) in [6.45, 7) is 3.94. The highest BCUT2D eigenvalue weighted by Crippen LogP contribution is 2.29. The molecule has 1 N–H and O–H groups in total. The molecule has 0 radical (unpaired) electrons. The second-order valence-electron chi connectivity index (χ2n) is 5.08. The van der Waals surface area contributed by atoms with E-state index in [1.54, 1.807) is 0 Å². The van der Waals surface area contributed by atoms with E-state index in [9.17, 15) is 13.2 Å². The number of rotatable bonds is 6. The Morgan fingerprint density at radius 2 is 2.00 bits per heavy atom. The molecule has 0 aromatic carbocycles. The zero-order chi connectivity index (χ0) is 17.7. The number of ether oxygens (including phenoxy) is 1. The summed E-state index contributed by atoms with van der Waals surface area (Å²) in [5.74, 6) is 0.597. The number of nitrogens with one attached hydrogen (secondary N) is 1. The number of aromatic nitrogens is 3. The third-order valence-electron chi connectivity index (χ3n) is 3.12. The summed E-state index contributed by atoms with van der Waals surface area (Å²) < 4.78 is 42.8. The fourth-order valence-corrected chi connectivity index (χ4v) is 2.16. The van der Waals surface area contributed by atoms with Gasteiger partial charge in [0.2, 0.25) is 5.88 Å². The lowest BCUT2D eigenvalue weighted by atomic mass is 10.3. The van der Waals surface area contributed by atoms with E-state index < -0.39 is 11.7 Å². The van der Waals surface area contributed by atoms with Gasteiger partial charge in [-0.15, -0.1) is 0 Å². The van der Waals surface area contributed by atoms with Crippen LogP contribution < -0.4 is 10.1 Å². The van der Waals surface area contributed by atoms with Crippen molar-refractivity contribution in [3.63, 3.8) is 0 Å². The first kappa shape index (κ1) is 18.3. The monoisotopic (exact) mass is 360 g/mol. The van der Waals surface area contributed by atoms with E-state index in [1.165, 1.54) is 12.4 Å². The molecule has 0 aliphatic carbocycles. The molecule has 2 rings (SSSR count). The number of alkyl halides is 3. The second kappa shape index (κ2) is 7.65. The van der Waals surface area contributed by atoms with Crippen molar-refractivity contribution >= 4 is 17.4 Å². The minimum absolute atomic E-state index is 0.111. The Hall–Kier alpha value is -2.09. The van der Waals surface area contributed by atoms with Gasteiger partial charge < -0.3 is 10.1 Å². The number of aryl methyl sites for hydroxylation is 1. The summed E-state index contributed by atoms with van der Waals surface area (Å²) >= 11 is 6.18. The van der Waals surface area contributed by atoms with Crippen LogP contribution in [-0.2, 0) is 12.6 Å². The Morgan fingerprint density at radius 1 is 1.25 bits per heavy atom.